The van der Waals surface area contributed by atoms with Crippen molar-refractivity contribution in [3.8, 4) is 0 Å². The Morgan fingerprint density at radius 3 is 2.77 bits per heavy atom. The molecule has 0 fully saturated rings. The summed E-state index contributed by atoms with van der Waals surface area (Å²) in [6.07, 6.45) is 0.221. The summed E-state index contributed by atoms with van der Waals surface area (Å²) in [6.45, 7) is 0.449. The zero-order valence-corrected chi connectivity index (χ0v) is 7.99. The van der Waals surface area contributed by atoms with Crippen LogP contribution >= 0.6 is 11.3 Å². The van der Waals surface area contributed by atoms with Crippen molar-refractivity contribution in [2.45, 2.75) is 13.3 Å². The minimum Gasteiger partial charge on any atom is -0.300 e. The van der Waals surface area contributed by atoms with Crippen molar-refractivity contribution in [2.75, 3.05) is 6.67 Å². The van der Waals surface area contributed by atoms with E-state index in [1.807, 2.05) is 0 Å². The molecular formula is C9H9FO2S. The first-order valence-corrected chi connectivity index (χ1v) is 4.68. The lowest BCUT2D eigenvalue weighted by Crippen LogP contribution is -2.05. The van der Waals surface area contributed by atoms with Gasteiger partial charge in [0.05, 0.1) is 0 Å². The van der Waals surface area contributed by atoms with Gasteiger partial charge in [-0.3, -0.25) is 9.59 Å². The Bertz CT molecular complexity index is 330. The highest BCUT2D eigenvalue weighted by Crippen LogP contribution is 2.18. The zero-order valence-electron chi connectivity index (χ0n) is 7.17. The number of alkyl halides is 1. The SMILES string of the molecule is CC(=O)Cc1sccc1C(=O)CF. The van der Waals surface area contributed by atoms with Crippen molar-refractivity contribution in [3.05, 3.63) is 21.9 Å². The smallest absolute Gasteiger partial charge is 0.194 e. The molecule has 0 atom stereocenters. The maximum Gasteiger partial charge on any atom is 0.194 e. The lowest BCUT2D eigenvalue weighted by Gasteiger charge is -1.96. The average Bonchev–Trinajstić information content (AvgIpc) is 2.50. The van der Waals surface area contributed by atoms with E-state index in [9.17, 15) is 14.0 Å². The van der Waals surface area contributed by atoms with Gasteiger partial charge in [-0.1, -0.05) is 0 Å². The number of carbonyl (C=O) groups is 2. The number of halogens is 1. The molecule has 1 rings (SSSR count). The first-order chi connectivity index (χ1) is 6.15. The van der Waals surface area contributed by atoms with Gasteiger partial charge < -0.3 is 0 Å². The van der Waals surface area contributed by atoms with Crippen molar-refractivity contribution in [1.29, 1.82) is 0 Å². The number of carbonyl (C=O) groups excluding carboxylic acids is 2. The number of Topliss-reactive ketones (excluding diaryl/α,β-unsaturated/α-hetero) is 2. The number of thiophene rings is 1. The molecule has 2 nitrogen and oxygen atoms in total. The highest BCUT2D eigenvalue weighted by atomic mass is 32.1. The van der Waals surface area contributed by atoms with Gasteiger partial charge in [0.2, 0.25) is 0 Å². The monoisotopic (exact) mass is 200 g/mol. The van der Waals surface area contributed by atoms with Crippen molar-refractivity contribution in [3.63, 3.8) is 0 Å². The summed E-state index contributed by atoms with van der Waals surface area (Å²) in [6, 6.07) is 1.56. The minimum atomic E-state index is -0.998. The van der Waals surface area contributed by atoms with Crippen LogP contribution in [0.1, 0.15) is 22.2 Å². The van der Waals surface area contributed by atoms with E-state index in [0.717, 1.165) is 0 Å². The molecule has 0 bridgehead atoms. The first kappa shape index (κ1) is 10.1. The average molecular weight is 200 g/mol. The standard InChI is InChI=1S/C9H9FO2S/c1-6(11)4-9-7(2-3-13-9)8(12)5-10/h2-3H,4-5H2,1H3. The van der Waals surface area contributed by atoms with Gasteiger partial charge in [-0.05, 0) is 18.4 Å². The second kappa shape index (κ2) is 4.28. The number of rotatable bonds is 4. The highest BCUT2D eigenvalue weighted by Gasteiger charge is 2.13. The van der Waals surface area contributed by atoms with E-state index in [-0.39, 0.29) is 12.2 Å². The summed E-state index contributed by atoms with van der Waals surface area (Å²) >= 11 is 1.31. The third kappa shape index (κ3) is 2.45. The van der Waals surface area contributed by atoms with E-state index in [0.29, 0.717) is 10.4 Å². The largest absolute Gasteiger partial charge is 0.300 e. The molecule has 0 aliphatic carbocycles. The molecule has 70 valence electrons. The Morgan fingerprint density at radius 2 is 2.23 bits per heavy atom. The Labute approximate surface area is 79.4 Å². The molecule has 0 aliphatic rings. The van der Waals surface area contributed by atoms with Crippen LogP contribution in [0, 0.1) is 0 Å². The van der Waals surface area contributed by atoms with Crippen LogP contribution in [0.4, 0.5) is 4.39 Å². The van der Waals surface area contributed by atoms with Crippen LogP contribution in [0.5, 0.6) is 0 Å². The predicted molar refractivity (Wildman–Crippen MR) is 49.0 cm³/mol. The lowest BCUT2D eigenvalue weighted by atomic mass is 10.1. The number of hydrogen-bond donors (Lipinski definition) is 0. The molecule has 4 heteroatoms. The first-order valence-electron chi connectivity index (χ1n) is 3.80. The maximum atomic E-state index is 12.0. The summed E-state index contributed by atoms with van der Waals surface area (Å²) in [4.78, 5) is 22.4. The third-order valence-electron chi connectivity index (χ3n) is 1.58. The Kier molecular flexibility index (Phi) is 3.31. The molecule has 0 amide bonds. The normalized spacial score (nSPS) is 10.0. The van der Waals surface area contributed by atoms with Crippen LogP contribution in [0.25, 0.3) is 0 Å². The van der Waals surface area contributed by atoms with E-state index in [4.69, 9.17) is 0 Å². The summed E-state index contributed by atoms with van der Waals surface area (Å²) in [5.74, 6) is -0.562. The van der Waals surface area contributed by atoms with E-state index < -0.39 is 12.5 Å². The topological polar surface area (TPSA) is 34.1 Å². The second-order valence-corrected chi connectivity index (χ2v) is 3.69. The summed E-state index contributed by atoms with van der Waals surface area (Å²) in [5.41, 5.74) is 0.350. The van der Waals surface area contributed by atoms with Gasteiger partial charge in [-0.25, -0.2) is 4.39 Å². The summed E-state index contributed by atoms with van der Waals surface area (Å²) in [5, 5.41) is 1.70. The second-order valence-electron chi connectivity index (χ2n) is 2.69. The molecule has 0 spiro atoms. The predicted octanol–water partition coefficient (Wildman–Crippen LogP) is 2.03. The van der Waals surface area contributed by atoms with Gasteiger partial charge in [0.1, 0.15) is 5.78 Å². The van der Waals surface area contributed by atoms with Gasteiger partial charge in [0.25, 0.3) is 0 Å². The van der Waals surface area contributed by atoms with Crippen molar-refractivity contribution >= 4 is 22.9 Å². The van der Waals surface area contributed by atoms with Crippen LogP contribution in [-0.2, 0) is 11.2 Å². The maximum absolute atomic E-state index is 12.0. The lowest BCUT2D eigenvalue weighted by molar-refractivity contribution is -0.116. The molecule has 0 unspecified atom stereocenters. The van der Waals surface area contributed by atoms with Crippen LogP contribution in [0.15, 0.2) is 11.4 Å². The summed E-state index contributed by atoms with van der Waals surface area (Å²) < 4.78 is 12.0. The number of hydrogen-bond acceptors (Lipinski definition) is 3. The van der Waals surface area contributed by atoms with Crippen LogP contribution in [-0.4, -0.2) is 18.2 Å². The van der Waals surface area contributed by atoms with Gasteiger partial charge in [-0.15, -0.1) is 11.3 Å². The highest BCUT2D eigenvalue weighted by molar-refractivity contribution is 7.10. The van der Waals surface area contributed by atoms with Crippen LogP contribution in [0.2, 0.25) is 0 Å². The number of ketones is 2. The quantitative estimate of drug-likeness (QED) is 0.697. The molecule has 1 heterocycles. The van der Waals surface area contributed by atoms with E-state index in [2.05, 4.69) is 0 Å². The Balaban J connectivity index is 2.89. The van der Waals surface area contributed by atoms with Crippen molar-refractivity contribution < 1.29 is 14.0 Å². The van der Waals surface area contributed by atoms with Gasteiger partial charge >= 0.3 is 0 Å². The Hall–Kier alpha value is -1.03. The summed E-state index contributed by atoms with van der Waals surface area (Å²) in [7, 11) is 0. The van der Waals surface area contributed by atoms with E-state index in [1.165, 1.54) is 18.3 Å². The molecule has 13 heavy (non-hydrogen) atoms. The van der Waals surface area contributed by atoms with Gasteiger partial charge in [0.15, 0.2) is 12.5 Å². The third-order valence-corrected chi connectivity index (χ3v) is 2.50. The molecule has 0 saturated heterocycles. The fraction of sp³-hybridized carbons (Fsp3) is 0.333. The Morgan fingerprint density at radius 1 is 1.54 bits per heavy atom. The minimum absolute atomic E-state index is 0.0182. The zero-order chi connectivity index (χ0) is 9.84. The van der Waals surface area contributed by atoms with Crippen LogP contribution in [0.3, 0.4) is 0 Å². The molecule has 0 radical (unpaired) electrons. The molecular weight excluding hydrogens is 191 g/mol. The van der Waals surface area contributed by atoms with E-state index in [1.54, 1.807) is 11.4 Å². The fourth-order valence-electron chi connectivity index (χ4n) is 1.02. The van der Waals surface area contributed by atoms with Crippen molar-refractivity contribution in [2.24, 2.45) is 0 Å². The molecule has 0 saturated carbocycles. The van der Waals surface area contributed by atoms with Gasteiger partial charge in [-0.2, -0.15) is 0 Å². The molecule has 1 aromatic heterocycles. The van der Waals surface area contributed by atoms with Crippen LogP contribution < -0.4 is 0 Å². The molecule has 0 aromatic carbocycles. The van der Waals surface area contributed by atoms with Crippen molar-refractivity contribution in [1.82, 2.24) is 0 Å². The molecule has 1 aromatic rings. The molecule has 0 aliphatic heterocycles. The van der Waals surface area contributed by atoms with Gasteiger partial charge in [0, 0.05) is 16.9 Å². The molecule has 0 N–H and O–H groups in total. The van der Waals surface area contributed by atoms with E-state index >= 15 is 0 Å². The fourth-order valence-corrected chi connectivity index (χ4v) is 1.99.